The van der Waals surface area contributed by atoms with Gasteiger partial charge in [-0.3, -0.25) is 0 Å². The smallest absolute Gasteiger partial charge is 0.163 e. The summed E-state index contributed by atoms with van der Waals surface area (Å²) in [5, 5.41) is 7.15. The van der Waals surface area contributed by atoms with Gasteiger partial charge in [-0.05, 0) is 49.2 Å². The van der Waals surface area contributed by atoms with Crippen molar-refractivity contribution in [3.05, 3.63) is 63.7 Å². The van der Waals surface area contributed by atoms with Gasteiger partial charge in [0.05, 0.1) is 10.7 Å². The van der Waals surface area contributed by atoms with E-state index in [1.165, 1.54) is 11.6 Å². The summed E-state index contributed by atoms with van der Waals surface area (Å²) in [5.74, 6) is -1.64. The molecule has 0 bridgehead atoms. The Labute approximate surface area is 133 Å². The molecule has 0 amide bonds. The molecule has 2 aromatic carbocycles. The second-order valence-corrected chi connectivity index (χ2v) is 5.78. The third-order valence-corrected chi connectivity index (χ3v) is 4.28. The molecule has 1 aliphatic heterocycles. The Morgan fingerprint density at radius 1 is 1.09 bits per heavy atom. The minimum Gasteiger partial charge on any atom is -0.379 e. The molecule has 0 radical (unpaired) electrons. The molecule has 1 aliphatic rings. The van der Waals surface area contributed by atoms with E-state index in [-0.39, 0.29) is 6.54 Å². The topological polar surface area (TPSA) is 24.1 Å². The van der Waals surface area contributed by atoms with Crippen molar-refractivity contribution in [1.29, 1.82) is 0 Å². The van der Waals surface area contributed by atoms with Crippen molar-refractivity contribution in [2.45, 2.75) is 19.4 Å². The predicted molar refractivity (Wildman–Crippen MR) is 85.4 cm³/mol. The van der Waals surface area contributed by atoms with Gasteiger partial charge in [-0.2, -0.15) is 0 Å². The summed E-state index contributed by atoms with van der Waals surface area (Å²) in [6, 6.07) is 8.09. The Balaban J connectivity index is 1.87. The third-order valence-electron chi connectivity index (χ3n) is 3.97. The van der Waals surface area contributed by atoms with Gasteiger partial charge >= 0.3 is 0 Å². The highest BCUT2D eigenvalue weighted by molar-refractivity contribution is 6.33. The number of halogens is 3. The summed E-state index contributed by atoms with van der Waals surface area (Å²) >= 11 is 6.30. The van der Waals surface area contributed by atoms with Gasteiger partial charge in [0.2, 0.25) is 0 Å². The quantitative estimate of drug-likeness (QED) is 0.895. The van der Waals surface area contributed by atoms with Gasteiger partial charge in [0.1, 0.15) is 0 Å². The summed E-state index contributed by atoms with van der Waals surface area (Å²) in [7, 11) is 0. The fraction of sp³-hybridized carbons (Fsp3) is 0.294. The van der Waals surface area contributed by atoms with Crippen LogP contribution in [0.25, 0.3) is 0 Å². The molecule has 3 rings (SSSR count). The second kappa shape index (κ2) is 6.63. The van der Waals surface area contributed by atoms with Gasteiger partial charge in [-0.25, -0.2) is 8.78 Å². The number of rotatable bonds is 3. The molecular formula is C17H17ClF2N2. The maximum absolute atomic E-state index is 13.8. The zero-order chi connectivity index (χ0) is 15.5. The molecule has 2 N–H and O–H groups in total. The zero-order valence-corrected chi connectivity index (χ0v) is 12.8. The van der Waals surface area contributed by atoms with E-state index in [2.05, 4.69) is 10.6 Å². The molecule has 0 atom stereocenters. The van der Waals surface area contributed by atoms with Crippen molar-refractivity contribution in [1.82, 2.24) is 5.32 Å². The van der Waals surface area contributed by atoms with Gasteiger partial charge in [-0.15, -0.1) is 0 Å². The van der Waals surface area contributed by atoms with Crippen molar-refractivity contribution < 1.29 is 8.78 Å². The monoisotopic (exact) mass is 322 g/mol. The fourth-order valence-electron chi connectivity index (χ4n) is 2.80. The number of benzene rings is 2. The minimum atomic E-state index is -0.832. The highest BCUT2D eigenvalue weighted by atomic mass is 35.5. The Morgan fingerprint density at radius 3 is 2.77 bits per heavy atom. The van der Waals surface area contributed by atoms with Crippen molar-refractivity contribution in [3.8, 4) is 0 Å². The van der Waals surface area contributed by atoms with Crippen molar-refractivity contribution in [2.24, 2.45) is 0 Å². The van der Waals surface area contributed by atoms with E-state index < -0.39 is 11.6 Å². The van der Waals surface area contributed by atoms with Gasteiger partial charge in [0.15, 0.2) is 11.6 Å². The summed E-state index contributed by atoms with van der Waals surface area (Å²) in [4.78, 5) is 0. The van der Waals surface area contributed by atoms with E-state index >= 15 is 0 Å². The normalized spacial score (nSPS) is 14.3. The lowest BCUT2D eigenvalue weighted by atomic mass is 10.0. The van der Waals surface area contributed by atoms with E-state index in [9.17, 15) is 8.78 Å². The largest absolute Gasteiger partial charge is 0.379 e. The molecular weight excluding hydrogens is 306 g/mol. The maximum atomic E-state index is 13.8. The van der Waals surface area contributed by atoms with Crippen LogP contribution in [0.4, 0.5) is 14.5 Å². The van der Waals surface area contributed by atoms with Crippen LogP contribution in [0.15, 0.2) is 30.3 Å². The first-order valence-electron chi connectivity index (χ1n) is 7.34. The fourth-order valence-corrected chi connectivity index (χ4v) is 3.05. The van der Waals surface area contributed by atoms with Gasteiger partial charge in [0.25, 0.3) is 0 Å². The molecule has 2 nitrogen and oxygen atoms in total. The van der Waals surface area contributed by atoms with Gasteiger partial charge in [0, 0.05) is 12.1 Å². The number of hydrogen-bond donors (Lipinski definition) is 2. The highest BCUT2D eigenvalue weighted by Gasteiger charge is 2.15. The van der Waals surface area contributed by atoms with E-state index in [4.69, 9.17) is 11.6 Å². The molecule has 22 heavy (non-hydrogen) atoms. The molecule has 0 spiro atoms. The van der Waals surface area contributed by atoms with E-state index in [1.807, 2.05) is 12.1 Å². The van der Waals surface area contributed by atoms with Crippen LogP contribution in [0.1, 0.15) is 16.7 Å². The van der Waals surface area contributed by atoms with E-state index in [0.29, 0.717) is 10.6 Å². The highest BCUT2D eigenvalue weighted by Crippen LogP contribution is 2.31. The van der Waals surface area contributed by atoms with E-state index in [0.717, 1.165) is 43.2 Å². The Bertz CT molecular complexity index is 689. The van der Waals surface area contributed by atoms with Crippen molar-refractivity contribution in [2.75, 3.05) is 18.4 Å². The Hall–Kier alpha value is -1.65. The lowest BCUT2D eigenvalue weighted by molar-refractivity contribution is 0.500. The van der Waals surface area contributed by atoms with Gasteiger partial charge in [-0.1, -0.05) is 29.8 Å². The standard InChI is InChI=1S/C17H17ClF2N2/c18-14-5-4-11-6-8-21-9-7-13(11)17(14)22-10-12-2-1-3-15(19)16(12)20/h1-5,21-22H,6-10H2. The summed E-state index contributed by atoms with van der Waals surface area (Å²) in [6.07, 6.45) is 1.80. The molecule has 0 aromatic heterocycles. The van der Waals surface area contributed by atoms with Crippen LogP contribution in [-0.2, 0) is 19.4 Å². The average Bonchev–Trinajstić information content (AvgIpc) is 2.75. The average molecular weight is 323 g/mol. The first-order chi connectivity index (χ1) is 10.7. The molecule has 0 unspecified atom stereocenters. The van der Waals surface area contributed by atoms with Crippen molar-refractivity contribution in [3.63, 3.8) is 0 Å². The number of hydrogen-bond acceptors (Lipinski definition) is 2. The van der Waals surface area contributed by atoms with Crippen LogP contribution in [0, 0.1) is 11.6 Å². The lowest BCUT2D eigenvalue weighted by Gasteiger charge is -2.16. The summed E-state index contributed by atoms with van der Waals surface area (Å²) in [6.45, 7) is 2.02. The van der Waals surface area contributed by atoms with Crippen LogP contribution in [0.5, 0.6) is 0 Å². The number of fused-ring (bicyclic) bond motifs is 1. The van der Waals surface area contributed by atoms with Crippen LogP contribution in [-0.4, -0.2) is 13.1 Å². The molecule has 5 heteroatoms. The Kier molecular flexibility index (Phi) is 4.60. The van der Waals surface area contributed by atoms with Crippen molar-refractivity contribution >= 4 is 17.3 Å². The minimum absolute atomic E-state index is 0.202. The SMILES string of the molecule is Fc1cccc(CNc2c(Cl)ccc3c2CCNCC3)c1F. The number of anilines is 1. The van der Waals surface area contributed by atoms with Gasteiger partial charge < -0.3 is 10.6 Å². The molecule has 116 valence electrons. The maximum Gasteiger partial charge on any atom is 0.163 e. The molecule has 0 aliphatic carbocycles. The molecule has 0 fully saturated rings. The summed E-state index contributed by atoms with van der Waals surface area (Å²) in [5.41, 5.74) is 3.53. The third kappa shape index (κ3) is 3.08. The summed E-state index contributed by atoms with van der Waals surface area (Å²) < 4.78 is 27.0. The van der Waals surface area contributed by atoms with Crippen LogP contribution >= 0.6 is 11.6 Å². The van der Waals surface area contributed by atoms with E-state index in [1.54, 1.807) is 6.07 Å². The molecule has 2 aromatic rings. The lowest BCUT2D eigenvalue weighted by Crippen LogP contribution is -2.16. The van der Waals surface area contributed by atoms with Crippen LogP contribution in [0.3, 0.4) is 0 Å². The van der Waals surface area contributed by atoms with Crippen LogP contribution < -0.4 is 10.6 Å². The first-order valence-corrected chi connectivity index (χ1v) is 7.72. The number of nitrogens with one attached hydrogen (secondary N) is 2. The predicted octanol–water partition coefficient (Wildman–Crippen LogP) is 3.92. The zero-order valence-electron chi connectivity index (χ0n) is 12.1. The first kappa shape index (κ1) is 15.3. The second-order valence-electron chi connectivity index (χ2n) is 5.38. The molecule has 0 saturated carbocycles. The molecule has 1 heterocycles. The van der Waals surface area contributed by atoms with Crippen LogP contribution in [0.2, 0.25) is 5.02 Å². The molecule has 0 saturated heterocycles. The Morgan fingerprint density at radius 2 is 1.91 bits per heavy atom.